The van der Waals surface area contributed by atoms with Crippen LogP contribution in [-0.2, 0) is 4.79 Å². The molecule has 0 bridgehead atoms. The lowest BCUT2D eigenvalue weighted by atomic mass is 10.3. The van der Waals surface area contributed by atoms with E-state index in [1.807, 2.05) is 6.07 Å². The molecule has 1 heterocycles. The highest BCUT2D eigenvalue weighted by molar-refractivity contribution is 14.1. The molecule has 1 N–H and O–H groups in total. The van der Waals surface area contributed by atoms with Crippen molar-refractivity contribution in [2.75, 3.05) is 12.1 Å². The number of halogens is 1. The van der Waals surface area contributed by atoms with Crippen LogP contribution in [0.5, 0.6) is 11.5 Å². The van der Waals surface area contributed by atoms with Gasteiger partial charge in [0.1, 0.15) is 0 Å². The summed E-state index contributed by atoms with van der Waals surface area (Å²) >= 11 is 2.14. The Morgan fingerprint density at radius 3 is 3.00 bits per heavy atom. The van der Waals surface area contributed by atoms with Gasteiger partial charge < -0.3 is 14.8 Å². The van der Waals surface area contributed by atoms with Gasteiger partial charge in [0.2, 0.25) is 12.7 Å². The van der Waals surface area contributed by atoms with Crippen LogP contribution in [0.3, 0.4) is 0 Å². The van der Waals surface area contributed by atoms with Crippen molar-refractivity contribution < 1.29 is 14.3 Å². The molecule has 1 aliphatic rings. The minimum Gasteiger partial charge on any atom is -0.453 e. The zero-order valence-electron chi connectivity index (χ0n) is 7.46. The summed E-state index contributed by atoms with van der Waals surface area (Å²) in [6.45, 7) is 1.71. The number of hydrogen-bond acceptors (Lipinski definition) is 3. The van der Waals surface area contributed by atoms with Crippen molar-refractivity contribution in [1.29, 1.82) is 0 Å². The second-order valence-corrected chi connectivity index (χ2v) is 4.04. The molecule has 1 aromatic carbocycles. The second-order valence-electron chi connectivity index (χ2n) is 2.87. The van der Waals surface area contributed by atoms with E-state index in [0.717, 1.165) is 15.0 Å². The summed E-state index contributed by atoms with van der Waals surface area (Å²) in [6.07, 6.45) is 0. The number of amides is 1. The lowest BCUT2D eigenvalue weighted by molar-refractivity contribution is -0.114. The average molecular weight is 305 g/mol. The number of hydrogen-bond donors (Lipinski definition) is 1. The van der Waals surface area contributed by atoms with Crippen LogP contribution >= 0.6 is 22.6 Å². The minimum absolute atomic E-state index is 0.0975. The number of carbonyl (C=O) groups excluding carboxylic acids is 1. The molecule has 2 rings (SSSR count). The van der Waals surface area contributed by atoms with E-state index in [2.05, 4.69) is 27.9 Å². The standard InChI is InChI=1S/C9H8INO3/c1-5(12)11-6-2-7(10)9-8(3-6)13-4-14-9/h2-3H,4H2,1H3,(H,11,12). The third-order valence-electron chi connectivity index (χ3n) is 1.75. The Labute approximate surface area is 94.7 Å². The van der Waals surface area contributed by atoms with Crippen molar-refractivity contribution in [2.45, 2.75) is 6.92 Å². The van der Waals surface area contributed by atoms with Crippen molar-refractivity contribution in [1.82, 2.24) is 0 Å². The van der Waals surface area contributed by atoms with Gasteiger partial charge in [-0.15, -0.1) is 0 Å². The number of rotatable bonds is 1. The number of benzene rings is 1. The van der Waals surface area contributed by atoms with E-state index in [-0.39, 0.29) is 12.7 Å². The maximum absolute atomic E-state index is 10.8. The molecule has 0 unspecified atom stereocenters. The largest absolute Gasteiger partial charge is 0.453 e. The molecule has 0 atom stereocenters. The van der Waals surface area contributed by atoms with Crippen LogP contribution in [0.25, 0.3) is 0 Å². The van der Waals surface area contributed by atoms with Crippen molar-refractivity contribution in [2.24, 2.45) is 0 Å². The van der Waals surface area contributed by atoms with E-state index in [1.54, 1.807) is 6.07 Å². The topological polar surface area (TPSA) is 47.6 Å². The lowest BCUT2D eigenvalue weighted by Crippen LogP contribution is -2.05. The summed E-state index contributed by atoms with van der Waals surface area (Å²) < 4.78 is 11.4. The summed E-state index contributed by atoms with van der Waals surface area (Å²) in [6, 6.07) is 3.60. The first-order valence-electron chi connectivity index (χ1n) is 4.03. The molecule has 0 spiro atoms. The zero-order chi connectivity index (χ0) is 10.1. The zero-order valence-corrected chi connectivity index (χ0v) is 9.62. The van der Waals surface area contributed by atoms with E-state index < -0.39 is 0 Å². The molecule has 0 saturated heterocycles. The highest BCUT2D eigenvalue weighted by Crippen LogP contribution is 2.38. The van der Waals surface area contributed by atoms with Crippen LogP contribution in [0.2, 0.25) is 0 Å². The molecule has 4 nitrogen and oxygen atoms in total. The van der Waals surface area contributed by atoms with Crippen molar-refractivity contribution in [3.05, 3.63) is 15.7 Å². The van der Waals surface area contributed by atoms with Crippen molar-refractivity contribution in [3.63, 3.8) is 0 Å². The maximum atomic E-state index is 10.8. The van der Waals surface area contributed by atoms with Crippen LogP contribution in [0.15, 0.2) is 12.1 Å². The molecule has 0 radical (unpaired) electrons. The normalized spacial score (nSPS) is 12.7. The highest BCUT2D eigenvalue weighted by Gasteiger charge is 2.17. The van der Waals surface area contributed by atoms with E-state index >= 15 is 0 Å². The van der Waals surface area contributed by atoms with Gasteiger partial charge in [-0.1, -0.05) is 0 Å². The molecule has 0 aliphatic carbocycles. The van der Waals surface area contributed by atoms with E-state index in [4.69, 9.17) is 9.47 Å². The Hall–Kier alpha value is -0.980. The fourth-order valence-corrected chi connectivity index (χ4v) is 2.00. The monoisotopic (exact) mass is 305 g/mol. The number of anilines is 1. The average Bonchev–Trinajstić information content (AvgIpc) is 2.50. The van der Waals surface area contributed by atoms with Crippen LogP contribution in [0, 0.1) is 3.57 Å². The fraction of sp³-hybridized carbons (Fsp3) is 0.222. The van der Waals surface area contributed by atoms with Gasteiger partial charge in [-0.25, -0.2) is 0 Å². The molecule has 5 heteroatoms. The first kappa shape index (κ1) is 9.57. The Morgan fingerprint density at radius 1 is 1.50 bits per heavy atom. The van der Waals surface area contributed by atoms with Crippen LogP contribution < -0.4 is 14.8 Å². The van der Waals surface area contributed by atoms with Gasteiger partial charge in [0, 0.05) is 18.7 Å². The molecular formula is C9H8INO3. The van der Waals surface area contributed by atoms with Crippen LogP contribution in [0.4, 0.5) is 5.69 Å². The summed E-state index contributed by atoms with van der Waals surface area (Å²) in [5.41, 5.74) is 0.728. The quantitative estimate of drug-likeness (QED) is 0.807. The predicted molar refractivity (Wildman–Crippen MR) is 59.6 cm³/mol. The van der Waals surface area contributed by atoms with Crippen LogP contribution in [0.1, 0.15) is 6.92 Å². The molecule has 0 aromatic heterocycles. The Kier molecular flexibility index (Phi) is 2.49. The van der Waals surface area contributed by atoms with E-state index in [1.165, 1.54) is 6.92 Å². The molecule has 1 amide bonds. The molecule has 0 saturated carbocycles. The molecule has 1 aromatic rings. The Morgan fingerprint density at radius 2 is 2.29 bits per heavy atom. The molecular weight excluding hydrogens is 297 g/mol. The number of nitrogens with one attached hydrogen (secondary N) is 1. The summed E-state index contributed by atoms with van der Waals surface area (Å²) in [4.78, 5) is 10.8. The molecule has 1 aliphatic heterocycles. The predicted octanol–water partition coefficient (Wildman–Crippen LogP) is 1.98. The van der Waals surface area contributed by atoms with Crippen molar-refractivity contribution in [3.8, 4) is 11.5 Å². The highest BCUT2D eigenvalue weighted by atomic mass is 127. The van der Waals surface area contributed by atoms with Gasteiger partial charge in [-0.3, -0.25) is 4.79 Å². The van der Waals surface area contributed by atoms with Gasteiger partial charge in [0.15, 0.2) is 11.5 Å². The van der Waals surface area contributed by atoms with Gasteiger partial charge in [0.05, 0.1) is 3.57 Å². The molecule has 14 heavy (non-hydrogen) atoms. The van der Waals surface area contributed by atoms with E-state index in [9.17, 15) is 4.79 Å². The molecule has 74 valence electrons. The van der Waals surface area contributed by atoms with Gasteiger partial charge >= 0.3 is 0 Å². The van der Waals surface area contributed by atoms with Gasteiger partial charge in [0.25, 0.3) is 0 Å². The third-order valence-corrected chi connectivity index (χ3v) is 2.55. The van der Waals surface area contributed by atoms with Gasteiger partial charge in [-0.05, 0) is 28.7 Å². The number of fused-ring (bicyclic) bond motifs is 1. The Bertz CT molecular complexity index is 392. The first-order valence-corrected chi connectivity index (χ1v) is 5.11. The summed E-state index contributed by atoms with van der Waals surface area (Å²) in [5.74, 6) is 1.33. The second kappa shape index (κ2) is 3.64. The van der Waals surface area contributed by atoms with Crippen LogP contribution in [-0.4, -0.2) is 12.7 Å². The minimum atomic E-state index is -0.0975. The Balaban J connectivity index is 2.36. The maximum Gasteiger partial charge on any atom is 0.231 e. The number of ether oxygens (including phenoxy) is 2. The first-order chi connectivity index (χ1) is 6.66. The fourth-order valence-electron chi connectivity index (χ4n) is 1.24. The van der Waals surface area contributed by atoms with Gasteiger partial charge in [-0.2, -0.15) is 0 Å². The third kappa shape index (κ3) is 1.77. The van der Waals surface area contributed by atoms with Crippen molar-refractivity contribution >= 4 is 34.2 Å². The molecule has 0 fully saturated rings. The lowest BCUT2D eigenvalue weighted by Gasteiger charge is -2.05. The SMILES string of the molecule is CC(=O)Nc1cc(I)c2c(c1)OCO2. The number of carbonyl (C=O) groups is 1. The summed E-state index contributed by atoms with van der Waals surface area (Å²) in [7, 11) is 0. The smallest absolute Gasteiger partial charge is 0.231 e. The van der Waals surface area contributed by atoms with E-state index in [0.29, 0.717) is 5.75 Å². The summed E-state index contributed by atoms with van der Waals surface area (Å²) in [5, 5.41) is 2.70.